The van der Waals surface area contributed by atoms with Crippen LogP contribution in [0.15, 0.2) is 41.1 Å². The molecule has 0 unspecified atom stereocenters. The number of hydrogen-bond donors (Lipinski definition) is 3. The molecule has 2 aliphatic carbocycles. The SMILES string of the molecule is N#CC1=C(N)C(C#N)(C#N)[C@@H](c2ccc(O)cc2O)[C@@H]2CCCC=C12. The number of phenolic OH excluding ortho intramolecular Hbond substituents is 2. The van der Waals surface area contributed by atoms with Crippen molar-refractivity contribution >= 4 is 0 Å². The number of allylic oxidation sites excluding steroid dienone is 4. The Bertz CT molecular complexity index is 910. The van der Waals surface area contributed by atoms with E-state index in [1.165, 1.54) is 18.2 Å². The Kier molecular flexibility index (Phi) is 3.87. The normalized spacial score (nSPS) is 24.3. The number of aromatic hydroxyl groups is 2. The van der Waals surface area contributed by atoms with Crippen LogP contribution in [-0.2, 0) is 0 Å². The minimum absolute atomic E-state index is 0.0677. The number of hydrogen-bond acceptors (Lipinski definition) is 6. The molecule has 2 aliphatic rings. The molecule has 0 bridgehead atoms. The molecular weight excluding hydrogens is 316 g/mol. The molecule has 4 N–H and O–H groups in total. The monoisotopic (exact) mass is 332 g/mol. The molecule has 0 radical (unpaired) electrons. The van der Waals surface area contributed by atoms with E-state index in [4.69, 9.17) is 5.73 Å². The van der Waals surface area contributed by atoms with E-state index >= 15 is 0 Å². The third-order valence-corrected chi connectivity index (χ3v) is 5.15. The molecule has 0 saturated heterocycles. The van der Waals surface area contributed by atoms with Gasteiger partial charge in [-0.25, -0.2) is 0 Å². The van der Waals surface area contributed by atoms with Gasteiger partial charge in [-0.05, 0) is 36.8 Å². The molecule has 124 valence electrons. The lowest BCUT2D eigenvalue weighted by Crippen LogP contribution is -2.42. The van der Waals surface area contributed by atoms with Crippen molar-refractivity contribution in [3.63, 3.8) is 0 Å². The van der Waals surface area contributed by atoms with Crippen molar-refractivity contribution in [2.24, 2.45) is 17.1 Å². The summed E-state index contributed by atoms with van der Waals surface area (Å²) in [5, 5.41) is 49.1. The van der Waals surface area contributed by atoms with E-state index in [1.807, 2.05) is 18.2 Å². The first-order valence-electron chi connectivity index (χ1n) is 7.95. The van der Waals surface area contributed by atoms with Gasteiger partial charge >= 0.3 is 0 Å². The molecule has 0 aromatic heterocycles. The van der Waals surface area contributed by atoms with Crippen LogP contribution in [0.1, 0.15) is 30.7 Å². The van der Waals surface area contributed by atoms with E-state index < -0.39 is 11.3 Å². The quantitative estimate of drug-likeness (QED) is 0.722. The van der Waals surface area contributed by atoms with Gasteiger partial charge in [0.25, 0.3) is 0 Å². The lowest BCUT2D eigenvalue weighted by Gasteiger charge is -2.43. The number of phenols is 2. The van der Waals surface area contributed by atoms with Gasteiger partial charge in [-0.15, -0.1) is 0 Å². The van der Waals surface area contributed by atoms with Crippen molar-refractivity contribution in [1.29, 1.82) is 15.8 Å². The lowest BCUT2D eigenvalue weighted by molar-refractivity contribution is 0.308. The highest BCUT2D eigenvalue weighted by atomic mass is 16.3. The van der Waals surface area contributed by atoms with Crippen LogP contribution in [0.2, 0.25) is 0 Å². The van der Waals surface area contributed by atoms with E-state index in [0.29, 0.717) is 12.0 Å². The summed E-state index contributed by atoms with van der Waals surface area (Å²) in [5.74, 6) is -1.30. The zero-order valence-corrected chi connectivity index (χ0v) is 13.4. The summed E-state index contributed by atoms with van der Waals surface area (Å²) in [6.45, 7) is 0. The van der Waals surface area contributed by atoms with Crippen molar-refractivity contribution < 1.29 is 10.2 Å². The van der Waals surface area contributed by atoms with Crippen LogP contribution >= 0.6 is 0 Å². The molecule has 0 spiro atoms. The molecule has 1 aromatic carbocycles. The first-order valence-corrected chi connectivity index (χ1v) is 7.95. The van der Waals surface area contributed by atoms with E-state index in [9.17, 15) is 26.0 Å². The minimum atomic E-state index is -1.75. The summed E-state index contributed by atoms with van der Waals surface area (Å²) >= 11 is 0. The Hall–Kier alpha value is -3.43. The Morgan fingerprint density at radius 2 is 1.88 bits per heavy atom. The fourth-order valence-corrected chi connectivity index (χ4v) is 4.01. The number of nitrogens with zero attached hydrogens (tertiary/aromatic N) is 3. The molecule has 6 heteroatoms. The van der Waals surface area contributed by atoms with Gasteiger partial charge in [0.05, 0.1) is 23.4 Å². The van der Waals surface area contributed by atoms with Gasteiger partial charge in [0.1, 0.15) is 17.6 Å². The summed E-state index contributed by atoms with van der Waals surface area (Å²) in [6, 6.07) is 10.2. The fourth-order valence-electron chi connectivity index (χ4n) is 4.01. The first kappa shape index (κ1) is 16.4. The van der Waals surface area contributed by atoms with Gasteiger partial charge in [0.15, 0.2) is 5.41 Å². The molecule has 0 fully saturated rings. The molecule has 0 heterocycles. The zero-order valence-electron chi connectivity index (χ0n) is 13.4. The average molecular weight is 332 g/mol. The first-order chi connectivity index (χ1) is 12.0. The Labute approximate surface area is 145 Å². The second kappa shape index (κ2) is 5.89. The predicted octanol–water partition coefficient (Wildman–Crippen LogP) is 2.69. The summed E-state index contributed by atoms with van der Waals surface area (Å²) in [4.78, 5) is 0. The largest absolute Gasteiger partial charge is 0.508 e. The van der Waals surface area contributed by atoms with Crippen LogP contribution < -0.4 is 5.73 Å². The van der Waals surface area contributed by atoms with Crippen LogP contribution in [0.3, 0.4) is 0 Å². The molecule has 0 amide bonds. The van der Waals surface area contributed by atoms with Crippen molar-refractivity contribution in [1.82, 2.24) is 0 Å². The van der Waals surface area contributed by atoms with Crippen LogP contribution in [0, 0.1) is 45.3 Å². The zero-order chi connectivity index (χ0) is 18.2. The van der Waals surface area contributed by atoms with Gasteiger partial charge in [0, 0.05) is 17.5 Å². The van der Waals surface area contributed by atoms with Crippen LogP contribution in [0.4, 0.5) is 0 Å². The highest BCUT2D eigenvalue weighted by Crippen LogP contribution is 2.57. The minimum Gasteiger partial charge on any atom is -0.508 e. The van der Waals surface area contributed by atoms with Gasteiger partial charge < -0.3 is 15.9 Å². The smallest absolute Gasteiger partial charge is 0.191 e. The molecule has 2 atom stereocenters. The number of nitriles is 3. The average Bonchev–Trinajstić information content (AvgIpc) is 2.62. The highest BCUT2D eigenvalue weighted by Gasteiger charge is 2.54. The van der Waals surface area contributed by atoms with Crippen LogP contribution in [0.25, 0.3) is 0 Å². The van der Waals surface area contributed by atoms with Crippen molar-refractivity contribution in [3.05, 3.63) is 46.7 Å². The predicted molar refractivity (Wildman–Crippen MR) is 88.4 cm³/mol. The molecular formula is C19H16N4O2. The highest BCUT2D eigenvalue weighted by molar-refractivity contribution is 5.60. The van der Waals surface area contributed by atoms with E-state index in [2.05, 4.69) is 6.07 Å². The number of rotatable bonds is 1. The third kappa shape index (κ3) is 2.22. The molecule has 1 aromatic rings. The maximum Gasteiger partial charge on any atom is 0.191 e. The van der Waals surface area contributed by atoms with Gasteiger partial charge in [-0.1, -0.05) is 12.1 Å². The second-order valence-corrected chi connectivity index (χ2v) is 6.35. The van der Waals surface area contributed by atoms with Gasteiger partial charge in [-0.3, -0.25) is 0 Å². The second-order valence-electron chi connectivity index (χ2n) is 6.35. The van der Waals surface area contributed by atoms with Gasteiger partial charge in [-0.2, -0.15) is 15.8 Å². The van der Waals surface area contributed by atoms with E-state index in [-0.39, 0.29) is 28.7 Å². The fraction of sp³-hybridized carbons (Fsp3) is 0.316. The van der Waals surface area contributed by atoms with Crippen molar-refractivity contribution in [2.45, 2.75) is 25.2 Å². The van der Waals surface area contributed by atoms with Gasteiger partial charge in [0.2, 0.25) is 0 Å². The molecule has 6 nitrogen and oxygen atoms in total. The third-order valence-electron chi connectivity index (χ3n) is 5.15. The lowest BCUT2D eigenvalue weighted by atomic mass is 9.56. The van der Waals surface area contributed by atoms with Crippen molar-refractivity contribution in [3.8, 4) is 29.7 Å². The Morgan fingerprint density at radius 3 is 2.48 bits per heavy atom. The number of nitrogens with two attached hydrogens (primary N) is 1. The number of benzene rings is 1. The van der Waals surface area contributed by atoms with Crippen LogP contribution in [-0.4, -0.2) is 10.2 Å². The van der Waals surface area contributed by atoms with Crippen LogP contribution in [0.5, 0.6) is 11.5 Å². The summed E-state index contributed by atoms with van der Waals surface area (Å²) in [7, 11) is 0. The summed E-state index contributed by atoms with van der Waals surface area (Å²) in [6.07, 6.45) is 4.27. The molecule has 0 aliphatic heterocycles. The maximum atomic E-state index is 10.3. The van der Waals surface area contributed by atoms with E-state index in [0.717, 1.165) is 18.4 Å². The number of fused-ring (bicyclic) bond motifs is 1. The summed E-state index contributed by atoms with van der Waals surface area (Å²) < 4.78 is 0. The maximum absolute atomic E-state index is 10.3. The Morgan fingerprint density at radius 1 is 1.16 bits per heavy atom. The summed E-state index contributed by atoms with van der Waals surface area (Å²) in [5.41, 5.74) is 5.64. The molecule has 25 heavy (non-hydrogen) atoms. The van der Waals surface area contributed by atoms with E-state index in [1.54, 1.807) is 0 Å². The molecule has 3 rings (SSSR count). The topological polar surface area (TPSA) is 138 Å². The van der Waals surface area contributed by atoms with Crippen molar-refractivity contribution in [2.75, 3.05) is 0 Å². The Balaban J connectivity index is 2.36. The molecule has 0 saturated carbocycles. The standard InChI is InChI=1S/C19H16N4O2/c20-8-15-12-3-1-2-4-13(12)17(19(9-21,10-22)18(15)23)14-6-5-11(24)7-16(14)25/h3,5-7,13,17,24-25H,1-2,4,23H2/t13-,17-/m1/s1.